The molecule has 0 spiro atoms. The molecule has 1 N–H and O–H groups in total. The molecule has 6 rings (SSSR count). The monoisotopic (exact) mass is 404 g/mol. The fourth-order valence-electron chi connectivity index (χ4n) is 4.20. The van der Waals surface area contributed by atoms with Crippen molar-refractivity contribution in [1.29, 1.82) is 0 Å². The van der Waals surface area contributed by atoms with Crippen LogP contribution in [0.5, 0.6) is 5.75 Å². The first-order valence-corrected chi connectivity index (χ1v) is 10.3. The molecular weight excluding hydrogens is 384 g/mol. The fraction of sp³-hybridized carbons (Fsp3) is 0.0769. The van der Waals surface area contributed by atoms with Gasteiger partial charge in [-0.15, -0.1) is 0 Å². The van der Waals surface area contributed by atoms with Crippen LogP contribution in [0.2, 0.25) is 0 Å². The molecule has 2 aromatic heterocycles. The smallest absolute Gasteiger partial charge is 0.145 e. The average Bonchev–Trinajstić information content (AvgIpc) is 3.23. The number of anilines is 1. The molecule has 1 atom stereocenters. The van der Waals surface area contributed by atoms with Crippen LogP contribution in [0.1, 0.15) is 17.4 Å². The largest absolute Gasteiger partial charge is 0.487 e. The lowest BCUT2D eigenvalue weighted by atomic mass is 10.0. The van der Waals surface area contributed by atoms with E-state index in [0.29, 0.717) is 6.61 Å². The van der Waals surface area contributed by atoms with Gasteiger partial charge >= 0.3 is 0 Å². The maximum Gasteiger partial charge on any atom is 0.145 e. The highest BCUT2D eigenvalue weighted by molar-refractivity contribution is 5.86. The van der Waals surface area contributed by atoms with Gasteiger partial charge in [-0.1, -0.05) is 48.5 Å². The topological polar surface area (TPSA) is 52.0 Å². The van der Waals surface area contributed by atoms with Gasteiger partial charge in [0.05, 0.1) is 16.7 Å². The number of hydrogen-bond acceptors (Lipinski definition) is 4. The molecule has 3 aromatic carbocycles. The quantitative estimate of drug-likeness (QED) is 0.421. The molecule has 0 amide bonds. The van der Waals surface area contributed by atoms with Crippen LogP contribution in [0.3, 0.4) is 0 Å². The van der Waals surface area contributed by atoms with E-state index in [0.717, 1.165) is 45.1 Å². The molecule has 0 fully saturated rings. The van der Waals surface area contributed by atoms with Crippen LogP contribution < -0.4 is 10.1 Å². The first-order valence-electron chi connectivity index (χ1n) is 10.3. The Morgan fingerprint density at radius 2 is 1.65 bits per heavy atom. The molecule has 1 aliphatic rings. The van der Waals surface area contributed by atoms with Gasteiger partial charge in [-0.25, -0.2) is 4.98 Å². The molecule has 150 valence electrons. The normalized spacial score (nSPS) is 14.5. The van der Waals surface area contributed by atoms with Crippen LogP contribution in [-0.4, -0.2) is 14.5 Å². The number of aromatic nitrogens is 3. The van der Waals surface area contributed by atoms with Crippen molar-refractivity contribution >= 4 is 16.7 Å². The Bertz CT molecular complexity index is 1380. The van der Waals surface area contributed by atoms with Crippen molar-refractivity contribution in [3.05, 3.63) is 108 Å². The number of pyridine rings is 1. The number of fused-ring (bicyclic) bond motifs is 5. The summed E-state index contributed by atoms with van der Waals surface area (Å²) in [5.74, 6) is 1.79. The Balaban J connectivity index is 1.48. The molecule has 3 heterocycles. The summed E-state index contributed by atoms with van der Waals surface area (Å²) in [5, 5.41) is 3.71. The minimum atomic E-state index is -0.141. The van der Waals surface area contributed by atoms with Gasteiger partial charge in [0.1, 0.15) is 24.3 Å². The second-order valence-corrected chi connectivity index (χ2v) is 7.53. The molecule has 31 heavy (non-hydrogen) atoms. The van der Waals surface area contributed by atoms with Gasteiger partial charge in [0.15, 0.2) is 0 Å². The Kier molecular flexibility index (Phi) is 4.17. The zero-order chi connectivity index (χ0) is 20.6. The maximum atomic E-state index is 6.23. The van der Waals surface area contributed by atoms with E-state index in [1.54, 1.807) is 6.20 Å². The number of benzene rings is 3. The predicted octanol–water partition coefficient (Wildman–Crippen LogP) is 5.65. The summed E-state index contributed by atoms with van der Waals surface area (Å²) in [6.07, 6.45) is 1.64. The molecule has 5 aromatic rings. The summed E-state index contributed by atoms with van der Waals surface area (Å²) in [6.45, 7) is 0.415. The van der Waals surface area contributed by atoms with E-state index in [9.17, 15) is 0 Å². The van der Waals surface area contributed by atoms with E-state index in [1.807, 2.05) is 48.5 Å². The Morgan fingerprint density at radius 1 is 0.839 bits per heavy atom. The molecule has 1 unspecified atom stereocenters. The number of imidazole rings is 1. The fourth-order valence-corrected chi connectivity index (χ4v) is 4.20. The zero-order valence-electron chi connectivity index (χ0n) is 16.8. The van der Waals surface area contributed by atoms with Gasteiger partial charge in [0.25, 0.3) is 0 Å². The molecule has 5 heteroatoms. The molecule has 0 radical (unpaired) electrons. The zero-order valence-corrected chi connectivity index (χ0v) is 16.8. The van der Waals surface area contributed by atoms with E-state index in [2.05, 4.69) is 57.3 Å². The van der Waals surface area contributed by atoms with Crippen molar-refractivity contribution in [1.82, 2.24) is 14.5 Å². The first-order chi connectivity index (χ1) is 15.4. The van der Waals surface area contributed by atoms with Crippen molar-refractivity contribution in [2.75, 3.05) is 5.32 Å². The maximum absolute atomic E-state index is 6.23. The Labute approximate surface area is 180 Å². The minimum Gasteiger partial charge on any atom is -0.487 e. The molecule has 0 bridgehead atoms. The molecule has 1 aliphatic heterocycles. The van der Waals surface area contributed by atoms with Gasteiger partial charge in [-0.2, -0.15) is 0 Å². The van der Waals surface area contributed by atoms with Crippen LogP contribution in [0, 0.1) is 0 Å². The van der Waals surface area contributed by atoms with Crippen molar-refractivity contribution < 1.29 is 4.74 Å². The molecule has 0 saturated carbocycles. The Hall–Kier alpha value is -4.12. The van der Waals surface area contributed by atoms with Crippen LogP contribution in [0.4, 0.5) is 5.69 Å². The predicted molar refractivity (Wildman–Crippen MR) is 122 cm³/mol. The number of ether oxygens (including phenoxy) is 1. The summed E-state index contributed by atoms with van der Waals surface area (Å²) in [7, 11) is 0. The second-order valence-electron chi connectivity index (χ2n) is 7.53. The van der Waals surface area contributed by atoms with Gasteiger partial charge in [-0.05, 0) is 42.5 Å². The van der Waals surface area contributed by atoms with Crippen LogP contribution in [0.25, 0.3) is 22.4 Å². The molecule has 0 saturated heterocycles. The SMILES string of the molecule is c1ccc(COc2ccccc2C2Nc3ccccc3-c3nc4ccccc4n32)nc1. The third kappa shape index (κ3) is 3.02. The number of nitrogens with one attached hydrogen (secondary N) is 1. The summed E-state index contributed by atoms with van der Waals surface area (Å²) < 4.78 is 8.50. The van der Waals surface area contributed by atoms with E-state index in [-0.39, 0.29) is 6.17 Å². The molecule has 0 aliphatic carbocycles. The lowest BCUT2D eigenvalue weighted by Gasteiger charge is -2.31. The summed E-state index contributed by atoms with van der Waals surface area (Å²) in [4.78, 5) is 9.34. The highest BCUT2D eigenvalue weighted by atomic mass is 16.5. The molecule has 5 nitrogen and oxygen atoms in total. The lowest BCUT2D eigenvalue weighted by Crippen LogP contribution is -2.25. The highest BCUT2D eigenvalue weighted by Gasteiger charge is 2.29. The van der Waals surface area contributed by atoms with E-state index in [4.69, 9.17) is 9.72 Å². The second kappa shape index (κ2) is 7.29. The van der Waals surface area contributed by atoms with Crippen molar-refractivity contribution in [2.24, 2.45) is 0 Å². The van der Waals surface area contributed by atoms with Gasteiger partial charge in [-0.3, -0.25) is 9.55 Å². The van der Waals surface area contributed by atoms with E-state index < -0.39 is 0 Å². The van der Waals surface area contributed by atoms with Gasteiger partial charge in [0.2, 0.25) is 0 Å². The van der Waals surface area contributed by atoms with Crippen LogP contribution >= 0.6 is 0 Å². The van der Waals surface area contributed by atoms with Crippen molar-refractivity contribution in [3.8, 4) is 17.1 Å². The number of hydrogen-bond donors (Lipinski definition) is 1. The van der Waals surface area contributed by atoms with Crippen molar-refractivity contribution in [2.45, 2.75) is 12.8 Å². The van der Waals surface area contributed by atoms with Crippen LogP contribution in [0.15, 0.2) is 97.2 Å². The van der Waals surface area contributed by atoms with Gasteiger partial charge in [0, 0.05) is 23.0 Å². The van der Waals surface area contributed by atoms with E-state index in [1.165, 1.54) is 0 Å². The summed E-state index contributed by atoms with van der Waals surface area (Å²) in [6, 6.07) is 30.6. The molecular formula is C26H20N4O. The average molecular weight is 404 g/mol. The summed E-state index contributed by atoms with van der Waals surface area (Å²) in [5.41, 5.74) is 6.18. The van der Waals surface area contributed by atoms with E-state index >= 15 is 0 Å². The third-order valence-corrected chi connectivity index (χ3v) is 5.63. The minimum absolute atomic E-state index is 0.141. The number of para-hydroxylation sites is 4. The highest BCUT2D eigenvalue weighted by Crippen LogP contribution is 2.42. The number of rotatable bonds is 4. The third-order valence-electron chi connectivity index (χ3n) is 5.63. The Morgan fingerprint density at radius 3 is 2.58 bits per heavy atom. The van der Waals surface area contributed by atoms with Gasteiger partial charge < -0.3 is 10.1 Å². The lowest BCUT2D eigenvalue weighted by molar-refractivity contribution is 0.296. The van der Waals surface area contributed by atoms with Crippen LogP contribution in [-0.2, 0) is 6.61 Å². The standard InChI is InChI=1S/C26H20N4O/c1-3-12-21-19(10-1)25-29-22-13-4-5-14-23(22)30(25)26(28-21)20-11-2-6-15-24(20)31-17-18-9-7-8-16-27-18/h1-16,26,28H,17H2. The summed E-state index contributed by atoms with van der Waals surface area (Å²) >= 11 is 0. The number of nitrogens with zero attached hydrogens (tertiary/aromatic N) is 3. The van der Waals surface area contributed by atoms with Crippen molar-refractivity contribution in [3.63, 3.8) is 0 Å². The first kappa shape index (κ1) is 17.7.